The number of carbonyl (C=O) groups is 1. The van der Waals surface area contributed by atoms with E-state index in [1.165, 1.54) is 5.56 Å². The van der Waals surface area contributed by atoms with Crippen molar-refractivity contribution in [2.24, 2.45) is 0 Å². The summed E-state index contributed by atoms with van der Waals surface area (Å²) in [5, 5.41) is 3.58. The summed E-state index contributed by atoms with van der Waals surface area (Å²) < 4.78 is 10.9. The zero-order chi connectivity index (χ0) is 16.4. The number of ether oxygens (including phenoxy) is 1. The fourth-order valence-corrected chi connectivity index (χ4v) is 2.56. The maximum absolute atomic E-state index is 12.1. The summed E-state index contributed by atoms with van der Waals surface area (Å²) in [7, 11) is 0. The molecule has 1 aromatic heterocycles. The Morgan fingerprint density at radius 1 is 1.41 bits per heavy atom. The van der Waals surface area contributed by atoms with Crippen molar-refractivity contribution in [2.75, 3.05) is 13.1 Å². The highest BCUT2D eigenvalue weighted by Crippen LogP contribution is 2.24. The van der Waals surface area contributed by atoms with Gasteiger partial charge in [-0.1, -0.05) is 0 Å². The summed E-state index contributed by atoms with van der Waals surface area (Å²) in [6, 6.07) is 1.98. The number of rotatable bonds is 3. The second-order valence-corrected chi connectivity index (χ2v) is 7.41. The Balaban J connectivity index is 1.83. The zero-order valence-electron chi connectivity index (χ0n) is 14.4. The third-order valence-electron chi connectivity index (χ3n) is 4.16. The molecule has 5 nitrogen and oxygen atoms in total. The van der Waals surface area contributed by atoms with E-state index in [1.807, 2.05) is 33.8 Å². The molecule has 1 aliphatic heterocycles. The lowest BCUT2D eigenvalue weighted by molar-refractivity contribution is 0.0155. The Morgan fingerprint density at radius 3 is 2.55 bits per heavy atom. The molecule has 22 heavy (non-hydrogen) atoms. The highest BCUT2D eigenvalue weighted by Gasteiger charge is 2.33. The van der Waals surface area contributed by atoms with E-state index in [9.17, 15) is 4.79 Å². The van der Waals surface area contributed by atoms with Crippen molar-refractivity contribution in [1.82, 2.24) is 10.2 Å². The normalized spacial score (nSPS) is 18.3. The van der Waals surface area contributed by atoms with Crippen LogP contribution in [0.15, 0.2) is 16.7 Å². The SMILES string of the molecule is Cc1ccoc1CNC1(C)CCN(C(=O)OC(C)(C)C)CC1. The fourth-order valence-electron chi connectivity index (χ4n) is 2.56. The molecule has 0 atom stereocenters. The van der Waals surface area contributed by atoms with Gasteiger partial charge in [-0.2, -0.15) is 0 Å². The Hall–Kier alpha value is -1.49. The van der Waals surface area contributed by atoms with Crippen LogP contribution in [0.25, 0.3) is 0 Å². The monoisotopic (exact) mass is 308 g/mol. The van der Waals surface area contributed by atoms with E-state index >= 15 is 0 Å². The number of hydrogen-bond donors (Lipinski definition) is 1. The Morgan fingerprint density at radius 2 is 2.05 bits per heavy atom. The predicted molar refractivity (Wildman–Crippen MR) is 85.7 cm³/mol. The predicted octanol–water partition coefficient (Wildman–Crippen LogP) is 3.47. The molecule has 5 heteroatoms. The number of amides is 1. The molecule has 1 N–H and O–H groups in total. The van der Waals surface area contributed by atoms with Gasteiger partial charge in [-0.3, -0.25) is 0 Å². The lowest BCUT2D eigenvalue weighted by Gasteiger charge is -2.40. The van der Waals surface area contributed by atoms with Gasteiger partial charge in [0.2, 0.25) is 0 Å². The van der Waals surface area contributed by atoms with Crippen molar-refractivity contribution in [3.8, 4) is 0 Å². The van der Waals surface area contributed by atoms with Crippen LogP contribution in [-0.4, -0.2) is 35.2 Å². The van der Waals surface area contributed by atoms with E-state index in [0.717, 1.165) is 38.2 Å². The molecule has 0 aromatic carbocycles. The van der Waals surface area contributed by atoms with Crippen molar-refractivity contribution in [2.45, 2.75) is 65.1 Å². The molecule has 0 aliphatic carbocycles. The lowest BCUT2D eigenvalue weighted by Crippen LogP contribution is -2.53. The Labute approximate surface area is 133 Å². The summed E-state index contributed by atoms with van der Waals surface area (Å²) in [5.41, 5.74) is 0.757. The number of likely N-dealkylation sites (tertiary alicyclic amines) is 1. The van der Waals surface area contributed by atoms with Gasteiger partial charge in [0.15, 0.2) is 0 Å². The molecule has 0 spiro atoms. The number of furan rings is 1. The first-order chi connectivity index (χ1) is 10.2. The summed E-state index contributed by atoms with van der Waals surface area (Å²) in [6.07, 6.45) is 3.33. The number of nitrogens with one attached hydrogen (secondary N) is 1. The molecule has 2 heterocycles. The van der Waals surface area contributed by atoms with Crippen molar-refractivity contribution < 1.29 is 13.9 Å². The van der Waals surface area contributed by atoms with Gasteiger partial charge < -0.3 is 19.4 Å². The molecule has 0 radical (unpaired) electrons. The largest absolute Gasteiger partial charge is 0.468 e. The van der Waals surface area contributed by atoms with E-state index in [1.54, 1.807) is 11.2 Å². The van der Waals surface area contributed by atoms with Gasteiger partial charge >= 0.3 is 6.09 Å². The van der Waals surface area contributed by atoms with E-state index in [4.69, 9.17) is 9.15 Å². The average Bonchev–Trinajstić information content (AvgIpc) is 2.81. The van der Waals surface area contributed by atoms with Gasteiger partial charge in [0.25, 0.3) is 0 Å². The molecule has 0 bridgehead atoms. The summed E-state index contributed by atoms with van der Waals surface area (Å²) >= 11 is 0. The quantitative estimate of drug-likeness (QED) is 0.929. The van der Waals surface area contributed by atoms with Crippen LogP contribution in [0.4, 0.5) is 4.79 Å². The number of hydrogen-bond acceptors (Lipinski definition) is 4. The molecule has 1 aliphatic rings. The Kier molecular flexibility index (Phi) is 4.85. The van der Waals surface area contributed by atoms with Crippen molar-refractivity contribution >= 4 is 6.09 Å². The zero-order valence-corrected chi connectivity index (χ0v) is 14.4. The summed E-state index contributed by atoms with van der Waals surface area (Å²) in [6.45, 7) is 12.1. The Bertz CT molecular complexity index is 508. The smallest absolute Gasteiger partial charge is 0.410 e. The van der Waals surface area contributed by atoms with Crippen LogP contribution in [-0.2, 0) is 11.3 Å². The molecule has 2 rings (SSSR count). The van der Waals surface area contributed by atoms with Gasteiger partial charge in [0.1, 0.15) is 11.4 Å². The minimum Gasteiger partial charge on any atom is -0.468 e. The minimum absolute atomic E-state index is 0.0255. The van der Waals surface area contributed by atoms with Crippen LogP contribution in [0, 0.1) is 6.92 Å². The van der Waals surface area contributed by atoms with E-state index < -0.39 is 5.60 Å². The standard InChI is InChI=1S/C17H28N2O3/c1-13-6-11-21-14(13)12-18-17(5)7-9-19(10-8-17)15(20)22-16(2,3)4/h6,11,18H,7-10,12H2,1-5H3. The van der Waals surface area contributed by atoms with Gasteiger partial charge in [0.05, 0.1) is 12.8 Å². The first-order valence-corrected chi connectivity index (χ1v) is 7.94. The molecule has 1 amide bonds. The van der Waals surface area contributed by atoms with E-state index in [0.29, 0.717) is 0 Å². The maximum Gasteiger partial charge on any atom is 0.410 e. The third-order valence-corrected chi connectivity index (χ3v) is 4.16. The van der Waals surface area contributed by atoms with Gasteiger partial charge in [-0.15, -0.1) is 0 Å². The van der Waals surface area contributed by atoms with Gasteiger partial charge in [-0.05, 0) is 59.1 Å². The second kappa shape index (κ2) is 6.32. The highest BCUT2D eigenvalue weighted by atomic mass is 16.6. The molecule has 1 aromatic rings. The van der Waals surface area contributed by atoms with Crippen molar-refractivity contribution in [1.29, 1.82) is 0 Å². The van der Waals surface area contributed by atoms with Crippen molar-refractivity contribution in [3.05, 3.63) is 23.7 Å². The molecule has 1 fully saturated rings. The molecule has 1 saturated heterocycles. The number of carbonyl (C=O) groups excluding carboxylic acids is 1. The fraction of sp³-hybridized carbons (Fsp3) is 0.706. The van der Waals surface area contributed by atoms with Crippen LogP contribution in [0.3, 0.4) is 0 Å². The molecule has 124 valence electrons. The van der Waals surface area contributed by atoms with E-state index in [-0.39, 0.29) is 11.6 Å². The maximum atomic E-state index is 12.1. The summed E-state index contributed by atoms with van der Waals surface area (Å²) in [5.74, 6) is 0.982. The van der Waals surface area contributed by atoms with Crippen molar-refractivity contribution in [3.63, 3.8) is 0 Å². The minimum atomic E-state index is -0.438. The van der Waals surface area contributed by atoms with Gasteiger partial charge in [-0.25, -0.2) is 4.79 Å². The number of aryl methyl sites for hydroxylation is 1. The number of piperidine rings is 1. The van der Waals surface area contributed by atoms with Crippen LogP contribution < -0.4 is 5.32 Å². The van der Waals surface area contributed by atoms with Crippen LogP contribution in [0.1, 0.15) is 51.9 Å². The van der Waals surface area contributed by atoms with Crippen LogP contribution >= 0.6 is 0 Å². The lowest BCUT2D eigenvalue weighted by atomic mass is 9.89. The summed E-state index contributed by atoms with van der Waals surface area (Å²) in [4.78, 5) is 13.9. The van der Waals surface area contributed by atoms with E-state index in [2.05, 4.69) is 12.2 Å². The molecular weight excluding hydrogens is 280 g/mol. The van der Waals surface area contributed by atoms with Gasteiger partial charge in [0, 0.05) is 18.6 Å². The molecule has 0 saturated carbocycles. The first kappa shape index (κ1) is 16.9. The highest BCUT2D eigenvalue weighted by molar-refractivity contribution is 5.68. The first-order valence-electron chi connectivity index (χ1n) is 7.94. The number of nitrogens with zero attached hydrogens (tertiary/aromatic N) is 1. The molecular formula is C17H28N2O3. The molecule has 0 unspecified atom stereocenters. The van der Waals surface area contributed by atoms with Crippen LogP contribution in [0.2, 0.25) is 0 Å². The van der Waals surface area contributed by atoms with Crippen LogP contribution in [0.5, 0.6) is 0 Å². The third kappa shape index (κ3) is 4.50. The second-order valence-electron chi connectivity index (χ2n) is 7.41. The average molecular weight is 308 g/mol. The topological polar surface area (TPSA) is 54.7 Å².